The summed E-state index contributed by atoms with van der Waals surface area (Å²) in [6.45, 7) is 3.14. The van der Waals surface area contributed by atoms with Gasteiger partial charge >= 0.3 is 0 Å². The lowest BCUT2D eigenvalue weighted by Gasteiger charge is -2.13. The van der Waals surface area contributed by atoms with Gasteiger partial charge in [-0.15, -0.1) is 0 Å². The Bertz CT molecular complexity index is 279. The van der Waals surface area contributed by atoms with Gasteiger partial charge in [0.05, 0.1) is 0 Å². The fourth-order valence-electron chi connectivity index (χ4n) is 1.48. The summed E-state index contributed by atoms with van der Waals surface area (Å²) >= 11 is 0. The van der Waals surface area contributed by atoms with E-state index in [4.69, 9.17) is 5.73 Å². The van der Waals surface area contributed by atoms with Gasteiger partial charge in [-0.2, -0.15) is 0 Å². The normalized spacial score (nSPS) is 10.8. The Morgan fingerprint density at radius 2 is 1.92 bits per heavy atom. The van der Waals surface area contributed by atoms with Crippen LogP contribution in [0, 0.1) is 0 Å². The minimum absolute atomic E-state index is 0.856. The smallest absolute Gasteiger partial charge is 0.0317 e. The van der Waals surface area contributed by atoms with Gasteiger partial charge in [0.1, 0.15) is 0 Å². The van der Waals surface area contributed by atoms with Gasteiger partial charge in [0.2, 0.25) is 0 Å². The number of nitrogens with two attached hydrogens (primary N) is 1. The summed E-state index contributed by atoms with van der Waals surface area (Å²) in [5.74, 6) is 0. The maximum Gasteiger partial charge on any atom is 0.0317 e. The van der Waals surface area contributed by atoms with E-state index < -0.39 is 0 Å². The van der Waals surface area contributed by atoms with Crippen LogP contribution < -0.4 is 5.73 Å². The van der Waals surface area contributed by atoms with E-state index in [0.717, 1.165) is 18.7 Å². The zero-order chi connectivity index (χ0) is 9.84. The summed E-state index contributed by atoms with van der Waals surface area (Å²) in [4.78, 5) is 2.16. The van der Waals surface area contributed by atoms with Crippen molar-refractivity contribution in [3.63, 3.8) is 0 Å². The molecule has 0 atom stereocenters. The minimum Gasteiger partial charge on any atom is -0.399 e. The first kappa shape index (κ1) is 10.1. The predicted octanol–water partition coefficient (Wildman–Crippen LogP) is 1.89. The topological polar surface area (TPSA) is 29.3 Å². The summed E-state index contributed by atoms with van der Waals surface area (Å²) in [5, 5.41) is 0. The van der Waals surface area contributed by atoms with Crippen molar-refractivity contribution in [2.75, 3.05) is 19.8 Å². The van der Waals surface area contributed by atoms with Crippen LogP contribution in [0.3, 0.4) is 0 Å². The first-order valence-electron chi connectivity index (χ1n) is 4.65. The highest BCUT2D eigenvalue weighted by atomic mass is 15.0. The number of nitrogen functional groups attached to an aromatic ring is 1. The molecule has 0 saturated heterocycles. The van der Waals surface area contributed by atoms with Crippen molar-refractivity contribution < 1.29 is 0 Å². The first-order valence-corrected chi connectivity index (χ1v) is 4.65. The van der Waals surface area contributed by atoms with Crippen LogP contribution in [-0.4, -0.2) is 19.0 Å². The van der Waals surface area contributed by atoms with Crippen LogP contribution in [0.5, 0.6) is 0 Å². The zero-order valence-electron chi connectivity index (χ0n) is 8.67. The highest BCUT2D eigenvalue weighted by Gasteiger charge is 2.02. The average molecular weight is 178 g/mol. The van der Waals surface area contributed by atoms with Gasteiger partial charge in [-0.1, -0.05) is 13.0 Å². The number of nitrogens with zero attached hydrogens (tertiary/aromatic N) is 1. The second kappa shape index (κ2) is 4.28. The molecular weight excluding hydrogens is 160 g/mol. The van der Waals surface area contributed by atoms with E-state index in [9.17, 15) is 0 Å². The molecule has 0 heterocycles. The van der Waals surface area contributed by atoms with E-state index in [2.05, 4.69) is 38.1 Å². The van der Waals surface area contributed by atoms with Crippen LogP contribution in [0.1, 0.15) is 18.1 Å². The molecule has 0 spiro atoms. The first-order chi connectivity index (χ1) is 6.13. The van der Waals surface area contributed by atoms with E-state index in [1.54, 1.807) is 0 Å². The Kier molecular flexibility index (Phi) is 3.32. The van der Waals surface area contributed by atoms with E-state index >= 15 is 0 Å². The number of aryl methyl sites for hydroxylation is 1. The summed E-state index contributed by atoms with van der Waals surface area (Å²) in [6, 6.07) is 6.16. The fraction of sp³-hybridized carbons (Fsp3) is 0.455. The lowest BCUT2D eigenvalue weighted by Crippen LogP contribution is -2.12. The van der Waals surface area contributed by atoms with E-state index in [-0.39, 0.29) is 0 Å². The van der Waals surface area contributed by atoms with Crippen molar-refractivity contribution in [3.8, 4) is 0 Å². The van der Waals surface area contributed by atoms with Crippen LogP contribution in [0.25, 0.3) is 0 Å². The molecule has 0 amide bonds. The Hall–Kier alpha value is -1.02. The number of hydrogen-bond acceptors (Lipinski definition) is 2. The Balaban J connectivity index is 2.94. The molecule has 0 fully saturated rings. The van der Waals surface area contributed by atoms with Crippen molar-refractivity contribution >= 4 is 5.69 Å². The summed E-state index contributed by atoms with van der Waals surface area (Å²) in [7, 11) is 4.14. The minimum atomic E-state index is 0.856. The van der Waals surface area contributed by atoms with Gasteiger partial charge in [0.15, 0.2) is 0 Å². The highest BCUT2D eigenvalue weighted by Crippen LogP contribution is 2.15. The number of anilines is 1. The van der Waals surface area contributed by atoms with Gasteiger partial charge < -0.3 is 10.6 Å². The van der Waals surface area contributed by atoms with Gasteiger partial charge in [0, 0.05) is 12.2 Å². The maximum absolute atomic E-state index is 5.74. The lowest BCUT2D eigenvalue weighted by molar-refractivity contribution is 0.401. The third-order valence-electron chi connectivity index (χ3n) is 2.10. The molecule has 1 rings (SSSR count). The third kappa shape index (κ3) is 2.74. The Morgan fingerprint density at radius 3 is 2.46 bits per heavy atom. The quantitative estimate of drug-likeness (QED) is 0.716. The van der Waals surface area contributed by atoms with E-state index in [1.165, 1.54) is 11.1 Å². The highest BCUT2D eigenvalue weighted by molar-refractivity contribution is 5.44. The summed E-state index contributed by atoms with van der Waals surface area (Å²) in [6.07, 6.45) is 1.07. The van der Waals surface area contributed by atoms with Crippen molar-refractivity contribution in [1.29, 1.82) is 0 Å². The van der Waals surface area contributed by atoms with Crippen LogP contribution in [0.2, 0.25) is 0 Å². The molecule has 1 aromatic rings. The monoisotopic (exact) mass is 178 g/mol. The molecule has 2 nitrogen and oxygen atoms in total. The standard InChI is InChI=1S/C11H18N2/c1-4-9-5-6-11(12)7-10(9)8-13(2)3/h5-7H,4,8,12H2,1-3H3. The molecule has 0 aliphatic carbocycles. The molecule has 0 aliphatic heterocycles. The number of rotatable bonds is 3. The Morgan fingerprint density at radius 1 is 1.23 bits per heavy atom. The second-order valence-corrected chi connectivity index (χ2v) is 3.62. The molecule has 2 heteroatoms. The van der Waals surface area contributed by atoms with Gasteiger partial charge in [-0.3, -0.25) is 0 Å². The second-order valence-electron chi connectivity index (χ2n) is 3.62. The number of hydrogen-bond donors (Lipinski definition) is 1. The van der Waals surface area contributed by atoms with E-state index in [0.29, 0.717) is 0 Å². The van der Waals surface area contributed by atoms with Gasteiger partial charge in [-0.05, 0) is 43.8 Å². The lowest BCUT2D eigenvalue weighted by atomic mass is 10.0. The zero-order valence-corrected chi connectivity index (χ0v) is 8.67. The molecule has 0 unspecified atom stereocenters. The van der Waals surface area contributed by atoms with Gasteiger partial charge in [0.25, 0.3) is 0 Å². The van der Waals surface area contributed by atoms with Gasteiger partial charge in [-0.25, -0.2) is 0 Å². The molecular formula is C11H18N2. The summed E-state index contributed by atoms with van der Waals surface area (Å²) < 4.78 is 0. The van der Waals surface area contributed by atoms with E-state index in [1.807, 2.05) is 6.07 Å². The van der Waals surface area contributed by atoms with Crippen molar-refractivity contribution in [2.45, 2.75) is 19.9 Å². The maximum atomic E-state index is 5.74. The summed E-state index contributed by atoms with van der Waals surface area (Å²) in [5.41, 5.74) is 9.33. The van der Waals surface area contributed by atoms with Crippen LogP contribution in [0.4, 0.5) is 5.69 Å². The molecule has 72 valence electrons. The third-order valence-corrected chi connectivity index (χ3v) is 2.10. The molecule has 0 radical (unpaired) electrons. The average Bonchev–Trinajstić information content (AvgIpc) is 2.03. The molecule has 0 aromatic heterocycles. The largest absolute Gasteiger partial charge is 0.399 e. The fourth-order valence-corrected chi connectivity index (χ4v) is 1.48. The Labute approximate surface area is 80.4 Å². The van der Waals surface area contributed by atoms with Crippen molar-refractivity contribution in [1.82, 2.24) is 4.90 Å². The predicted molar refractivity (Wildman–Crippen MR) is 57.6 cm³/mol. The van der Waals surface area contributed by atoms with Crippen LogP contribution >= 0.6 is 0 Å². The van der Waals surface area contributed by atoms with Crippen LogP contribution in [0.15, 0.2) is 18.2 Å². The molecule has 0 bridgehead atoms. The molecule has 2 N–H and O–H groups in total. The molecule has 0 aliphatic rings. The number of benzene rings is 1. The molecule has 1 aromatic carbocycles. The SMILES string of the molecule is CCc1ccc(N)cc1CN(C)C. The van der Waals surface area contributed by atoms with Crippen molar-refractivity contribution in [3.05, 3.63) is 29.3 Å². The molecule has 0 saturated carbocycles. The molecule has 13 heavy (non-hydrogen) atoms. The van der Waals surface area contributed by atoms with Crippen LogP contribution in [-0.2, 0) is 13.0 Å². The van der Waals surface area contributed by atoms with Crippen molar-refractivity contribution in [2.24, 2.45) is 0 Å².